The summed E-state index contributed by atoms with van der Waals surface area (Å²) < 4.78 is 13.6. The first-order chi connectivity index (χ1) is 27.7. The number of fused-ring (bicyclic) bond motifs is 11. The second-order valence-electron chi connectivity index (χ2n) is 14.6. The predicted octanol–water partition coefficient (Wildman–Crippen LogP) is 14.0. The molecule has 3 heterocycles. The standard InChI is InChI=1S/C52H33N3O/c1-2-15-37(16-3-1)53-38-17-8-13-35(29-38)36-14-9-18-39(30-36)54(42-25-28-52-47(33-42)46-32-41(53)24-27-51(46)56-52)40-23-26-50-45(31-40)44-20-6-7-21-49(44)55(50)48-22-10-12-34-11-4-5-19-43(34)48/h1-33H. The molecule has 4 nitrogen and oxygen atoms in total. The molecule has 4 heteroatoms. The van der Waals surface area contributed by atoms with E-state index in [1.165, 1.54) is 38.3 Å². The average molecular weight is 716 g/mol. The van der Waals surface area contributed by atoms with Gasteiger partial charge in [-0.1, -0.05) is 97.1 Å². The van der Waals surface area contributed by atoms with Gasteiger partial charge in [0.15, 0.2) is 0 Å². The molecule has 0 spiro atoms. The lowest BCUT2D eigenvalue weighted by Crippen LogP contribution is -1.98. The van der Waals surface area contributed by atoms with E-state index >= 15 is 0 Å². The van der Waals surface area contributed by atoms with Gasteiger partial charge in [-0.3, -0.25) is 0 Å². The minimum Gasteiger partial charge on any atom is -0.456 e. The van der Waals surface area contributed by atoms with Crippen LogP contribution < -0.4 is 0 Å². The number of nitrogens with zero attached hydrogens (tertiary/aromatic N) is 3. The molecule has 0 fully saturated rings. The highest BCUT2D eigenvalue weighted by molar-refractivity contribution is 6.12. The second kappa shape index (κ2) is 12.0. The second-order valence-corrected chi connectivity index (χ2v) is 14.6. The van der Waals surface area contributed by atoms with E-state index in [9.17, 15) is 0 Å². The van der Waals surface area contributed by atoms with Crippen molar-refractivity contribution >= 4 is 87.4 Å². The third kappa shape index (κ3) is 4.66. The Morgan fingerprint density at radius 2 is 0.839 bits per heavy atom. The van der Waals surface area contributed by atoms with Crippen molar-refractivity contribution in [2.45, 2.75) is 0 Å². The fourth-order valence-electron chi connectivity index (χ4n) is 8.91. The molecule has 0 saturated carbocycles. The first-order valence-electron chi connectivity index (χ1n) is 19.1. The SMILES string of the molecule is c1ccc(-n2c3cccc(c3)c3cccc(c3)n(-c3ccc4c(c3)c3ccccc3n4-c3cccc4ccccc34)c3ccc4oc5ccc2cc5c4c3)cc1. The van der Waals surface area contributed by atoms with Crippen molar-refractivity contribution in [1.29, 1.82) is 0 Å². The Labute approximate surface area is 321 Å². The fraction of sp³-hybridized carbons (Fsp3) is 0. The minimum atomic E-state index is 0.864. The number of furan rings is 1. The largest absolute Gasteiger partial charge is 0.456 e. The maximum Gasteiger partial charge on any atom is 0.135 e. The molecule has 0 radical (unpaired) electrons. The van der Waals surface area contributed by atoms with Gasteiger partial charge in [0, 0.05) is 60.4 Å². The van der Waals surface area contributed by atoms with Crippen molar-refractivity contribution in [1.82, 2.24) is 13.7 Å². The molecule has 12 rings (SSSR count). The topological polar surface area (TPSA) is 27.9 Å². The molecule has 0 N–H and O–H groups in total. The molecule has 0 aliphatic rings. The molecular weight excluding hydrogens is 683 g/mol. The average Bonchev–Trinajstić information content (AvgIpc) is 3.79. The molecule has 56 heavy (non-hydrogen) atoms. The van der Waals surface area contributed by atoms with Crippen LogP contribution in [0.1, 0.15) is 0 Å². The zero-order chi connectivity index (χ0) is 36.7. The predicted molar refractivity (Wildman–Crippen MR) is 234 cm³/mol. The highest BCUT2D eigenvalue weighted by atomic mass is 16.3. The van der Waals surface area contributed by atoms with Gasteiger partial charge in [-0.15, -0.1) is 0 Å². The van der Waals surface area contributed by atoms with E-state index in [2.05, 4.69) is 214 Å². The van der Waals surface area contributed by atoms with Gasteiger partial charge in [0.2, 0.25) is 0 Å². The molecule has 12 aromatic rings. The summed E-state index contributed by atoms with van der Waals surface area (Å²) in [4.78, 5) is 0. The van der Waals surface area contributed by atoms with E-state index in [0.717, 1.165) is 66.2 Å². The summed E-state index contributed by atoms with van der Waals surface area (Å²) in [5.74, 6) is 0. The fourth-order valence-corrected chi connectivity index (χ4v) is 8.91. The monoisotopic (exact) mass is 715 g/mol. The van der Waals surface area contributed by atoms with Crippen molar-refractivity contribution in [3.05, 3.63) is 200 Å². The van der Waals surface area contributed by atoms with Gasteiger partial charge in [-0.2, -0.15) is 0 Å². The van der Waals surface area contributed by atoms with Gasteiger partial charge in [-0.05, 0) is 119 Å². The molecule has 0 amide bonds. The lowest BCUT2D eigenvalue weighted by molar-refractivity contribution is 0.669. The van der Waals surface area contributed by atoms with E-state index in [0.29, 0.717) is 0 Å². The maximum absolute atomic E-state index is 6.49. The van der Waals surface area contributed by atoms with Crippen molar-refractivity contribution in [2.24, 2.45) is 0 Å². The molecule has 3 aromatic heterocycles. The number of hydrogen-bond donors (Lipinski definition) is 0. The molecule has 0 saturated heterocycles. The van der Waals surface area contributed by atoms with Crippen LogP contribution in [0, 0.1) is 0 Å². The van der Waals surface area contributed by atoms with Crippen LogP contribution in [0.4, 0.5) is 0 Å². The van der Waals surface area contributed by atoms with Crippen molar-refractivity contribution < 1.29 is 4.42 Å². The van der Waals surface area contributed by atoms with Gasteiger partial charge in [0.1, 0.15) is 11.2 Å². The first kappa shape index (κ1) is 30.9. The van der Waals surface area contributed by atoms with Crippen molar-refractivity contribution in [2.75, 3.05) is 0 Å². The number of rotatable bonds is 3. The Balaban J connectivity index is 1.20. The summed E-state index contributed by atoms with van der Waals surface area (Å²) in [6, 6.07) is 72.4. The van der Waals surface area contributed by atoms with Gasteiger partial charge >= 0.3 is 0 Å². The van der Waals surface area contributed by atoms with Crippen LogP contribution in [0.2, 0.25) is 0 Å². The Morgan fingerprint density at radius 3 is 1.57 bits per heavy atom. The molecule has 0 atom stereocenters. The van der Waals surface area contributed by atoms with Crippen LogP contribution in [0.25, 0.3) is 104 Å². The first-order valence-corrected chi connectivity index (χ1v) is 19.1. The lowest BCUT2D eigenvalue weighted by atomic mass is 10.1. The van der Waals surface area contributed by atoms with Crippen LogP contribution in [0.5, 0.6) is 0 Å². The Hall–Kier alpha value is -7.56. The van der Waals surface area contributed by atoms with Crippen LogP contribution in [0.15, 0.2) is 205 Å². The van der Waals surface area contributed by atoms with Crippen molar-refractivity contribution in [3.8, 4) is 17.1 Å². The number of para-hydroxylation sites is 2. The summed E-state index contributed by atoms with van der Waals surface area (Å²) in [6.07, 6.45) is 0. The van der Waals surface area contributed by atoms with Crippen LogP contribution >= 0.6 is 0 Å². The highest BCUT2D eigenvalue weighted by Crippen LogP contribution is 2.37. The van der Waals surface area contributed by atoms with Gasteiger partial charge in [0.05, 0.1) is 16.7 Å². The number of aromatic nitrogens is 3. The maximum atomic E-state index is 6.49. The van der Waals surface area contributed by atoms with E-state index in [-0.39, 0.29) is 0 Å². The summed E-state index contributed by atoms with van der Waals surface area (Å²) in [5, 5.41) is 9.33. The van der Waals surface area contributed by atoms with Gasteiger partial charge in [-0.25, -0.2) is 0 Å². The minimum absolute atomic E-state index is 0.864. The van der Waals surface area contributed by atoms with E-state index in [4.69, 9.17) is 4.42 Å². The quantitative estimate of drug-likeness (QED) is 0.179. The number of benzene rings is 9. The molecular formula is C52H33N3O. The highest BCUT2D eigenvalue weighted by Gasteiger charge is 2.16. The normalized spacial score (nSPS) is 11.9. The zero-order valence-corrected chi connectivity index (χ0v) is 30.3. The lowest BCUT2D eigenvalue weighted by Gasteiger charge is -2.14. The molecule has 9 aromatic carbocycles. The molecule has 0 aliphatic carbocycles. The Morgan fingerprint density at radius 1 is 0.286 bits per heavy atom. The smallest absolute Gasteiger partial charge is 0.135 e. The molecule has 0 aliphatic heterocycles. The molecule has 8 bridgehead atoms. The molecule has 0 unspecified atom stereocenters. The van der Waals surface area contributed by atoms with E-state index < -0.39 is 0 Å². The van der Waals surface area contributed by atoms with Crippen LogP contribution in [-0.2, 0) is 0 Å². The van der Waals surface area contributed by atoms with Crippen LogP contribution in [0.3, 0.4) is 0 Å². The number of hydrogen-bond acceptors (Lipinski definition) is 1. The van der Waals surface area contributed by atoms with E-state index in [1.54, 1.807) is 0 Å². The van der Waals surface area contributed by atoms with E-state index in [1.807, 2.05) is 0 Å². The van der Waals surface area contributed by atoms with Crippen molar-refractivity contribution in [3.63, 3.8) is 0 Å². The van der Waals surface area contributed by atoms with Gasteiger partial charge < -0.3 is 18.1 Å². The summed E-state index contributed by atoms with van der Waals surface area (Å²) in [5.41, 5.74) is 11.8. The Kier molecular flexibility index (Phi) is 6.60. The van der Waals surface area contributed by atoms with Crippen LogP contribution in [-0.4, -0.2) is 13.7 Å². The third-order valence-corrected chi connectivity index (χ3v) is 11.4. The summed E-state index contributed by atoms with van der Waals surface area (Å²) in [7, 11) is 0. The summed E-state index contributed by atoms with van der Waals surface area (Å²) >= 11 is 0. The van der Waals surface area contributed by atoms with Gasteiger partial charge in [0.25, 0.3) is 0 Å². The third-order valence-electron chi connectivity index (χ3n) is 11.4. The summed E-state index contributed by atoms with van der Waals surface area (Å²) in [6.45, 7) is 0. The zero-order valence-electron chi connectivity index (χ0n) is 30.3. The Bertz CT molecular complexity index is 3590. The molecule has 262 valence electrons.